The molecule has 0 saturated carbocycles. The number of hydrogen-bond donors (Lipinski definition) is 2. The number of rotatable bonds is 20. The molecule has 0 unspecified atom stereocenters. The lowest BCUT2D eigenvalue weighted by Crippen LogP contribution is -2.54. The van der Waals surface area contributed by atoms with Gasteiger partial charge in [0.05, 0.1) is 13.0 Å². The summed E-state index contributed by atoms with van der Waals surface area (Å²) in [5.41, 5.74) is 3.50. The second kappa shape index (κ2) is 19.3. The molecule has 0 aromatic carbocycles. The molecule has 6 nitrogen and oxygen atoms in total. The molecule has 6 heteroatoms. The van der Waals surface area contributed by atoms with Crippen molar-refractivity contribution in [2.24, 2.45) is 0 Å². The fourth-order valence-corrected chi connectivity index (χ4v) is 2.95. The Morgan fingerprint density at radius 2 is 1.07 bits per heavy atom. The van der Waals surface area contributed by atoms with Gasteiger partial charge in [-0.05, 0) is 12.8 Å². The average molecular weight is 387 g/mol. The Balaban J connectivity index is 3.15. The van der Waals surface area contributed by atoms with E-state index in [4.69, 9.17) is 9.84 Å². The average Bonchev–Trinajstić information content (AvgIpc) is 2.65. The van der Waals surface area contributed by atoms with Crippen LogP contribution in [-0.4, -0.2) is 36.0 Å². The van der Waals surface area contributed by atoms with E-state index in [0.29, 0.717) is 13.0 Å². The molecule has 0 rings (SSSR count). The van der Waals surface area contributed by atoms with Crippen LogP contribution in [0.25, 0.3) is 0 Å². The van der Waals surface area contributed by atoms with Gasteiger partial charge in [0.1, 0.15) is 6.54 Å². The number of carbonyl (C=O) groups is 3. The minimum absolute atomic E-state index is 0.00249. The van der Waals surface area contributed by atoms with Crippen LogP contribution in [0, 0.1) is 0 Å². The van der Waals surface area contributed by atoms with E-state index < -0.39 is 5.97 Å². The molecular weight excluding hydrogens is 346 g/mol. The van der Waals surface area contributed by atoms with Crippen LogP contribution in [0.3, 0.4) is 0 Å². The number of carboxylic acids is 1. The van der Waals surface area contributed by atoms with Gasteiger partial charge in [0.25, 0.3) is 0 Å². The van der Waals surface area contributed by atoms with Crippen LogP contribution in [0.4, 0.5) is 0 Å². The van der Waals surface area contributed by atoms with Crippen molar-refractivity contribution in [3.05, 3.63) is 0 Å². The highest BCUT2D eigenvalue weighted by molar-refractivity contribution is 5.83. The summed E-state index contributed by atoms with van der Waals surface area (Å²) in [7, 11) is 0. The van der Waals surface area contributed by atoms with Crippen molar-refractivity contribution in [3.63, 3.8) is 0 Å². The van der Waals surface area contributed by atoms with E-state index in [0.717, 1.165) is 32.1 Å². The number of quaternary nitrogens is 1. The van der Waals surface area contributed by atoms with E-state index in [2.05, 4.69) is 5.73 Å². The monoisotopic (exact) mass is 386 g/mol. The number of aliphatic carboxylic acids is 1. The van der Waals surface area contributed by atoms with E-state index in [1.54, 1.807) is 0 Å². The zero-order valence-electron chi connectivity index (χ0n) is 17.0. The van der Waals surface area contributed by atoms with Crippen LogP contribution >= 0.6 is 0 Å². The molecule has 0 radical (unpaired) electrons. The molecule has 0 aromatic heterocycles. The number of carbonyl (C=O) groups excluding carboxylic acids is 2. The molecule has 0 aromatic rings. The summed E-state index contributed by atoms with van der Waals surface area (Å²) in [5, 5.41) is 8.55. The van der Waals surface area contributed by atoms with Gasteiger partial charge >= 0.3 is 11.9 Å². The Hall–Kier alpha value is -1.43. The van der Waals surface area contributed by atoms with Crippen LogP contribution in [0.5, 0.6) is 0 Å². The summed E-state index contributed by atoms with van der Waals surface area (Å²) in [6.07, 6.45) is 15.8. The van der Waals surface area contributed by atoms with Gasteiger partial charge in [0, 0.05) is 12.8 Å². The molecule has 0 bridgehead atoms. The van der Waals surface area contributed by atoms with E-state index in [9.17, 15) is 14.4 Å². The highest BCUT2D eigenvalue weighted by Gasteiger charge is 2.07. The van der Waals surface area contributed by atoms with Gasteiger partial charge in [-0.1, -0.05) is 70.6 Å². The first-order valence-corrected chi connectivity index (χ1v) is 10.7. The summed E-state index contributed by atoms with van der Waals surface area (Å²) in [4.78, 5) is 32.8. The van der Waals surface area contributed by atoms with Crippen LogP contribution in [-0.2, 0) is 19.1 Å². The molecule has 0 amide bonds. The van der Waals surface area contributed by atoms with Gasteiger partial charge in [-0.25, -0.2) is 0 Å². The van der Waals surface area contributed by atoms with Crippen molar-refractivity contribution in [1.82, 2.24) is 0 Å². The molecule has 0 aliphatic carbocycles. The standard InChI is InChI=1S/C21H39NO5/c22-18-19(23)15-16-21(26)27-17-13-11-9-7-5-3-1-2-4-6-8-10-12-14-20(24)25/h1-18,22H2,(H,24,25)/p+1. The predicted octanol–water partition coefficient (Wildman–Crippen LogP) is 3.67. The second-order valence-corrected chi connectivity index (χ2v) is 7.25. The van der Waals surface area contributed by atoms with Crippen molar-refractivity contribution in [3.8, 4) is 0 Å². The first kappa shape index (κ1) is 25.6. The maximum atomic E-state index is 11.4. The van der Waals surface area contributed by atoms with Crippen molar-refractivity contribution < 1.29 is 30.0 Å². The van der Waals surface area contributed by atoms with E-state index in [-0.39, 0.29) is 31.1 Å². The second-order valence-electron chi connectivity index (χ2n) is 7.25. The summed E-state index contributed by atoms with van der Waals surface area (Å²) in [6.45, 7) is 0.700. The highest BCUT2D eigenvalue weighted by atomic mass is 16.5. The molecule has 27 heavy (non-hydrogen) atoms. The molecule has 0 aliphatic rings. The van der Waals surface area contributed by atoms with Gasteiger partial charge < -0.3 is 15.6 Å². The number of esters is 1. The lowest BCUT2D eigenvalue weighted by Gasteiger charge is -2.05. The smallest absolute Gasteiger partial charge is 0.306 e. The van der Waals surface area contributed by atoms with Crippen molar-refractivity contribution in [2.45, 2.75) is 103 Å². The zero-order valence-corrected chi connectivity index (χ0v) is 17.0. The summed E-state index contributed by atoms with van der Waals surface area (Å²) >= 11 is 0. The fourth-order valence-electron chi connectivity index (χ4n) is 2.95. The SMILES string of the molecule is [NH3+]CC(=O)CCC(=O)OCCCCCCCCCCCCCCCC(=O)O. The Morgan fingerprint density at radius 1 is 0.630 bits per heavy atom. The van der Waals surface area contributed by atoms with Gasteiger partial charge in [0.2, 0.25) is 0 Å². The van der Waals surface area contributed by atoms with Gasteiger partial charge in [-0.15, -0.1) is 0 Å². The third kappa shape index (κ3) is 20.7. The molecule has 4 N–H and O–H groups in total. The molecule has 0 saturated heterocycles. The minimum atomic E-state index is -0.686. The number of hydrogen-bond acceptors (Lipinski definition) is 4. The number of Topliss-reactive ketones (excluding diaryl/α,β-unsaturated/α-hetero) is 1. The topological polar surface area (TPSA) is 108 Å². The van der Waals surface area contributed by atoms with Crippen LogP contribution < -0.4 is 5.73 Å². The molecule has 0 heterocycles. The number of ketones is 1. The third-order valence-electron chi connectivity index (χ3n) is 4.68. The minimum Gasteiger partial charge on any atom is -0.481 e. The van der Waals surface area contributed by atoms with E-state index in [1.807, 2.05) is 0 Å². The lowest BCUT2D eigenvalue weighted by molar-refractivity contribution is -0.354. The third-order valence-corrected chi connectivity index (χ3v) is 4.68. The maximum Gasteiger partial charge on any atom is 0.306 e. The lowest BCUT2D eigenvalue weighted by atomic mass is 10.0. The fraction of sp³-hybridized carbons (Fsp3) is 0.857. The molecule has 0 atom stereocenters. The predicted molar refractivity (Wildman–Crippen MR) is 105 cm³/mol. The van der Waals surface area contributed by atoms with Crippen LogP contribution in [0.2, 0.25) is 0 Å². The molecule has 0 spiro atoms. The molecule has 0 aliphatic heterocycles. The first-order valence-electron chi connectivity index (χ1n) is 10.7. The van der Waals surface area contributed by atoms with Gasteiger partial charge in [-0.2, -0.15) is 0 Å². The summed E-state index contributed by atoms with van der Waals surface area (Å²) < 4.78 is 5.12. The van der Waals surface area contributed by atoms with Crippen molar-refractivity contribution in [1.29, 1.82) is 0 Å². The van der Waals surface area contributed by atoms with Crippen molar-refractivity contribution in [2.75, 3.05) is 13.2 Å². The maximum absolute atomic E-state index is 11.4. The highest BCUT2D eigenvalue weighted by Crippen LogP contribution is 2.13. The van der Waals surface area contributed by atoms with E-state index in [1.165, 1.54) is 51.4 Å². The Kier molecular flexibility index (Phi) is 18.3. The summed E-state index contributed by atoms with van der Waals surface area (Å²) in [6, 6.07) is 0. The molecule has 0 fully saturated rings. The number of ether oxygens (including phenoxy) is 1. The van der Waals surface area contributed by atoms with Crippen LogP contribution in [0.15, 0.2) is 0 Å². The zero-order chi connectivity index (χ0) is 20.2. The molecular formula is C21H40NO5+. The Labute approximate surface area is 164 Å². The summed E-state index contributed by atoms with van der Waals surface area (Å²) in [5.74, 6) is -0.963. The van der Waals surface area contributed by atoms with E-state index >= 15 is 0 Å². The van der Waals surface area contributed by atoms with Crippen molar-refractivity contribution >= 4 is 17.7 Å². The Morgan fingerprint density at radius 3 is 1.52 bits per heavy atom. The quantitative estimate of drug-likeness (QED) is 0.245. The first-order chi connectivity index (χ1) is 13.1. The largest absolute Gasteiger partial charge is 0.481 e. The van der Waals surface area contributed by atoms with Gasteiger partial charge in [-0.3, -0.25) is 14.4 Å². The number of carboxylic acid groups (broad SMARTS) is 1. The van der Waals surface area contributed by atoms with Crippen LogP contribution in [0.1, 0.15) is 103 Å². The normalized spacial score (nSPS) is 10.7. The number of unbranched alkanes of at least 4 members (excludes halogenated alkanes) is 12. The van der Waals surface area contributed by atoms with Gasteiger partial charge in [0.15, 0.2) is 5.78 Å². The molecule has 158 valence electrons. The Bertz CT molecular complexity index is 398.